The maximum atomic E-state index is 2.31. The van der Waals surface area contributed by atoms with Crippen molar-refractivity contribution in [3.8, 4) is 0 Å². The molecule has 0 fully saturated rings. The third kappa shape index (κ3) is 4.45. The predicted molar refractivity (Wildman–Crippen MR) is 60.5 cm³/mol. The van der Waals surface area contributed by atoms with Gasteiger partial charge in [-0.2, -0.15) is 0 Å². The van der Waals surface area contributed by atoms with Crippen molar-refractivity contribution < 1.29 is 4.70 Å². The lowest BCUT2D eigenvalue weighted by atomic mass is 10.2. The highest BCUT2D eigenvalue weighted by Crippen LogP contribution is 2.07. The number of aromatic nitrogens is 1. The number of hydrogen-bond acceptors (Lipinski definition) is 0. The Bertz CT molecular complexity index is 207. The summed E-state index contributed by atoms with van der Waals surface area (Å²) in [5.74, 6) is 0. The van der Waals surface area contributed by atoms with Gasteiger partial charge in [0.1, 0.15) is 0 Å². The van der Waals surface area contributed by atoms with E-state index in [9.17, 15) is 0 Å². The number of rotatable bonds is 6. The molecule has 0 bridgehead atoms. The van der Waals surface area contributed by atoms with Crippen LogP contribution in [-0.4, -0.2) is 4.57 Å². The first kappa shape index (κ1) is 13.2. The van der Waals surface area contributed by atoms with Gasteiger partial charge in [0.25, 0.3) is 0 Å². The fourth-order valence-electron chi connectivity index (χ4n) is 1.50. The number of halogens is 1. The second-order valence-corrected chi connectivity index (χ2v) is 3.71. The lowest BCUT2D eigenvalue weighted by molar-refractivity contribution is 0.633. The van der Waals surface area contributed by atoms with Crippen LogP contribution in [0.3, 0.4) is 0 Å². The van der Waals surface area contributed by atoms with Crippen molar-refractivity contribution in [1.82, 2.24) is 4.57 Å². The minimum absolute atomic E-state index is 0. The summed E-state index contributed by atoms with van der Waals surface area (Å²) in [7, 11) is 0. The van der Waals surface area contributed by atoms with Gasteiger partial charge < -0.3 is 4.57 Å². The molecule has 1 nitrogen and oxygen atoms in total. The molecule has 0 amide bonds. The van der Waals surface area contributed by atoms with Crippen LogP contribution in [0.4, 0.5) is 4.70 Å². The molecular formula is C12H22FN. The van der Waals surface area contributed by atoms with E-state index in [2.05, 4.69) is 36.9 Å². The molecule has 0 unspecified atom stereocenters. The van der Waals surface area contributed by atoms with Crippen molar-refractivity contribution in [3.63, 3.8) is 0 Å². The molecule has 0 N–H and O–H groups in total. The monoisotopic (exact) mass is 199 g/mol. The summed E-state index contributed by atoms with van der Waals surface area (Å²) in [5, 5.41) is 0. The molecule has 0 aliphatic rings. The number of unbranched alkanes of at least 4 members (excludes halogenated alkanes) is 2. The van der Waals surface area contributed by atoms with Crippen molar-refractivity contribution in [2.24, 2.45) is 0 Å². The van der Waals surface area contributed by atoms with Crippen LogP contribution in [-0.2, 0) is 13.0 Å². The van der Waals surface area contributed by atoms with Gasteiger partial charge in [-0.25, -0.2) is 0 Å². The fourth-order valence-corrected chi connectivity index (χ4v) is 1.50. The molecule has 0 aromatic carbocycles. The van der Waals surface area contributed by atoms with E-state index in [4.69, 9.17) is 0 Å². The summed E-state index contributed by atoms with van der Waals surface area (Å²) in [6, 6.07) is 2.26. The molecule has 14 heavy (non-hydrogen) atoms. The van der Waals surface area contributed by atoms with Crippen LogP contribution in [0.25, 0.3) is 0 Å². The van der Waals surface area contributed by atoms with E-state index in [0.717, 1.165) is 0 Å². The van der Waals surface area contributed by atoms with E-state index in [1.165, 1.54) is 44.2 Å². The zero-order valence-electron chi connectivity index (χ0n) is 9.33. The first-order chi connectivity index (χ1) is 6.36. The zero-order chi connectivity index (χ0) is 9.52. The lowest BCUT2D eigenvalue weighted by Gasteiger charge is -1.99. The van der Waals surface area contributed by atoms with Crippen molar-refractivity contribution in [2.75, 3.05) is 0 Å². The van der Waals surface area contributed by atoms with Gasteiger partial charge in [-0.3, -0.25) is 4.70 Å². The quantitative estimate of drug-likeness (QED) is 0.657. The topological polar surface area (TPSA) is 4.93 Å². The zero-order valence-corrected chi connectivity index (χ0v) is 9.33. The Kier molecular flexibility index (Phi) is 7.17. The second kappa shape index (κ2) is 7.60. The molecule has 0 aliphatic carbocycles. The van der Waals surface area contributed by atoms with Crippen LogP contribution >= 0.6 is 0 Å². The van der Waals surface area contributed by atoms with E-state index in [0.29, 0.717) is 0 Å². The Labute approximate surface area is 86.5 Å². The summed E-state index contributed by atoms with van der Waals surface area (Å²) in [6.45, 7) is 5.66. The minimum atomic E-state index is 0. The van der Waals surface area contributed by atoms with E-state index < -0.39 is 0 Å². The van der Waals surface area contributed by atoms with Gasteiger partial charge in [-0.05, 0) is 30.9 Å². The summed E-state index contributed by atoms with van der Waals surface area (Å²) in [5.41, 5.74) is 1.50. The maximum Gasteiger partial charge on any atom is 0.0219 e. The highest BCUT2D eigenvalue weighted by atomic mass is 19.0. The smallest absolute Gasteiger partial charge is 0.0219 e. The maximum absolute atomic E-state index is 2.31. The van der Waals surface area contributed by atoms with Crippen molar-refractivity contribution in [2.45, 2.75) is 52.5 Å². The molecule has 1 rings (SSSR count). The van der Waals surface area contributed by atoms with E-state index in [1.807, 2.05) is 0 Å². The Balaban J connectivity index is 0.00000169. The van der Waals surface area contributed by atoms with Gasteiger partial charge in [0.2, 0.25) is 0 Å². The van der Waals surface area contributed by atoms with Gasteiger partial charge in [0, 0.05) is 18.9 Å². The molecule has 0 saturated heterocycles. The Morgan fingerprint density at radius 1 is 1.14 bits per heavy atom. The van der Waals surface area contributed by atoms with Crippen LogP contribution in [0.2, 0.25) is 0 Å². The summed E-state index contributed by atoms with van der Waals surface area (Å²) in [6.07, 6.45) is 10.9. The van der Waals surface area contributed by atoms with Gasteiger partial charge >= 0.3 is 0 Å². The molecule has 0 spiro atoms. The van der Waals surface area contributed by atoms with E-state index in [1.54, 1.807) is 0 Å². The molecule has 82 valence electrons. The third-order valence-electron chi connectivity index (χ3n) is 2.40. The van der Waals surface area contributed by atoms with Crippen LogP contribution in [0.1, 0.15) is 45.1 Å². The Hall–Kier alpha value is -0.790. The van der Waals surface area contributed by atoms with Crippen molar-refractivity contribution >= 4 is 0 Å². The molecule has 0 radical (unpaired) electrons. The second-order valence-electron chi connectivity index (χ2n) is 3.71. The van der Waals surface area contributed by atoms with Gasteiger partial charge in [0.05, 0.1) is 0 Å². The summed E-state index contributed by atoms with van der Waals surface area (Å²) in [4.78, 5) is 0. The van der Waals surface area contributed by atoms with Gasteiger partial charge in [-0.1, -0.05) is 26.7 Å². The molecule has 1 heterocycles. The average molecular weight is 199 g/mol. The van der Waals surface area contributed by atoms with E-state index >= 15 is 0 Å². The molecule has 0 saturated carbocycles. The van der Waals surface area contributed by atoms with Crippen LogP contribution in [0, 0.1) is 0 Å². The molecule has 1 aromatic rings. The van der Waals surface area contributed by atoms with Crippen molar-refractivity contribution in [3.05, 3.63) is 24.0 Å². The van der Waals surface area contributed by atoms with Crippen LogP contribution in [0.15, 0.2) is 18.5 Å². The highest BCUT2D eigenvalue weighted by molar-refractivity contribution is 5.10. The Morgan fingerprint density at radius 3 is 2.50 bits per heavy atom. The minimum Gasteiger partial charge on any atom is -0.354 e. The van der Waals surface area contributed by atoms with Crippen LogP contribution < -0.4 is 0 Å². The highest BCUT2D eigenvalue weighted by Gasteiger charge is 1.95. The van der Waals surface area contributed by atoms with Gasteiger partial charge in [0.15, 0.2) is 0 Å². The first-order valence-electron chi connectivity index (χ1n) is 5.51. The number of hydrogen-bond donors (Lipinski definition) is 0. The average Bonchev–Trinajstić information content (AvgIpc) is 2.59. The normalized spacial score (nSPS) is 9.86. The molecular weight excluding hydrogens is 177 g/mol. The standard InChI is InChI=1S/C12H21N.FH/c1-3-5-7-12-8-10-13(11-12)9-6-4-2;/h8,10-11H,3-7,9H2,1-2H3;1H. The number of aryl methyl sites for hydroxylation is 2. The molecule has 0 atom stereocenters. The SMILES string of the molecule is CCCCc1ccn(CCCC)c1.F. The molecule has 0 aliphatic heterocycles. The fraction of sp³-hybridized carbons (Fsp3) is 0.667. The molecule has 2 heteroatoms. The van der Waals surface area contributed by atoms with Crippen LogP contribution in [0.5, 0.6) is 0 Å². The van der Waals surface area contributed by atoms with E-state index in [-0.39, 0.29) is 4.70 Å². The summed E-state index contributed by atoms with van der Waals surface area (Å²) >= 11 is 0. The van der Waals surface area contributed by atoms with Crippen molar-refractivity contribution in [1.29, 1.82) is 0 Å². The number of nitrogens with zero attached hydrogens (tertiary/aromatic N) is 1. The largest absolute Gasteiger partial charge is 0.354 e. The summed E-state index contributed by atoms with van der Waals surface area (Å²) < 4.78 is 2.31. The van der Waals surface area contributed by atoms with Gasteiger partial charge in [-0.15, -0.1) is 0 Å². The lowest BCUT2D eigenvalue weighted by Crippen LogP contribution is -1.93. The third-order valence-corrected chi connectivity index (χ3v) is 2.40. The Morgan fingerprint density at radius 2 is 1.86 bits per heavy atom. The molecule has 1 aromatic heterocycles. The predicted octanol–water partition coefficient (Wildman–Crippen LogP) is 3.78. The first-order valence-corrected chi connectivity index (χ1v) is 5.51.